The van der Waals surface area contributed by atoms with Gasteiger partial charge < -0.3 is 25.4 Å². The number of benzene rings is 3. The van der Waals surface area contributed by atoms with E-state index in [9.17, 15) is 15.0 Å². The first-order valence-corrected chi connectivity index (χ1v) is 12.4. The summed E-state index contributed by atoms with van der Waals surface area (Å²) in [7, 11) is 0. The number of para-hydroxylation sites is 2. The summed E-state index contributed by atoms with van der Waals surface area (Å²) in [5.74, 6) is 0.935. The Bertz CT molecular complexity index is 1010. The number of hydrogen-bond donors (Lipinski definition) is 5. The van der Waals surface area contributed by atoms with Gasteiger partial charge in [0.2, 0.25) is 5.91 Å². The molecular formula is C29H37N3O5. The van der Waals surface area contributed by atoms with E-state index >= 15 is 0 Å². The fourth-order valence-electron chi connectivity index (χ4n) is 3.69. The molecule has 3 aromatic rings. The maximum absolute atomic E-state index is 11.3. The van der Waals surface area contributed by atoms with Crippen LogP contribution < -0.4 is 25.8 Å². The summed E-state index contributed by atoms with van der Waals surface area (Å²) in [5, 5.41) is 27.8. The molecule has 0 saturated heterocycles. The van der Waals surface area contributed by atoms with Crippen molar-refractivity contribution in [1.29, 1.82) is 0 Å². The third-order valence-electron chi connectivity index (χ3n) is 5.98. The fraction of sp³-hybridized carbons (Fsp3) is 0.345. The molecule has 3 aromatic carbocycles. The van der Waals surface area contributed by atoms with Gasteiger partial charge >= 0.3 is 0 Å². The number of rotatable bonds is 16. The maximum Gasteiger partial charge on any atom is 0.248 e. The zero-order chi connectivity index (χ0) is 26.5. The number of nitrogens with one attached hydrogen (secondary N) is 2. The lowest BCUT2D eigenvalue weighted by atomic mass is 9.99. The minimum absolute atomic E-state index is 0.148. The van der Waals surface area contributed by atoms with Gasteiger partial charge in [0.1, 0.15) is 36.9 Å². The van der Waals surface area contributed by atoms with Gasteiger partial charge in [-0.05, 0) is 61.7 Å². The van der Waals surface area contributed by atoms with Crippen LogP contribution in [0.25, 0.3) is 0 Å². The van der Waals surface area contributed by atoms with Crippen molar-refractivity contribution in [2.24, 2.45) is 5.73 Å². The van der Waals surface area contributed by atoms with Crippen LogP contribution in [-0.2, 0) is 6.42 Å². The van der Waals surface area contributed by atoms with Gasteiger partial charge in [-0.25, -0.2) is 0 Å². The lowest BCUT2D eigenvalue weighted by Crippen LogP contribution is -2.58. The number of nitrogens with two attached hydrogens (primary N) is 1. The molecule has 2 atom stereocenters. The van der Waals surface area contributed by atoms with Crippen molar-refractivity contribution in [2.75, 3.05) is 26.3 Å². The number of hydrogen-bond acceptors (Lipinski definition) is 7. The first-order valence-electron chi connectivity index (χ1n) is 12.4. The molecule has 0 aliphatic carbocycles. The lowest BCUT2D eigenvalue weighted by molar-refractivity contribution is 0.0772. The average Bonchev–Trinajstić information content (AvgIpc) is 2.93. The van der Waals surface area contributed by atoms with E-state index in [2.05, 4.69) is 10.6 Å². The fourth-order valence-corrected chi connectivity index (χ4v) is 3.69. The second-order valence-corrected chi connectivity index (χ2v) is 9.21. The normalized spacial score (nSPS) is 13.1. The van der Waals surface area contributed by atoms with Crippen LogP contribution in [0.3, 0.4) is 0 Å². The molecule has 0 fully saturated rings. The predicted molar refractivity (Wildman–Crippen MR) is 144 cm³/mol. The van der Waals surface area contributed by atoms with Crippen molar-refractivity contribution < 1.29 is 24.5 Å². The van der Waals surface area contributed by atoms with Crippen molar-refractivity contribution in [2.45, 2.75) is 37.6 Å². The molecule has 0 radical (unpaired) electrons. The van der Waals surface area contributed by atoms with Crippen LogP contribution in [0.15, 0.2) is 84.9 Å². The molecule has 0 heterocycles. The number of ether oxygens (including phenoxy) is 2. The number of primary amides is 1. The molecule has 8 heteroatoms. The first-order chi connectivity index (χ1) is 17.8. The molecule has 0 aliphatic heterocycles. The van der Waals surface area contributed by atoms with E-state index in [1.807, 2.05) is 79.7 Å². The highest BCUT2D eigenvalue weighted by atomic mass is 16.5. The molecule has 1 amide bonds. The number of aliphatic hydroxyl groups excluding tert-OH is 2. The van der Waals surface area contributed by atoms with E-state index in [1.54, 1.807) is 12.1 Å². The van der Waals surface area contributed by atoms with E-state index < -0.39 is 23.8 Å². The minimum atomic E-state index is -0.734. The molecule has 0 unspecified atom stereocenters. The minimum Gasteiger partial charge on any atom is -0.491 e. The standard InChI is InChI=1S/C29H37N3O5/c1-29(17-16-22-12-14-23(15-13-22)28(30)35,31-18-24(33)20-36-26-8-4-2-5-9-26)32-19-25(34)21-37-27-10-6-3-7-11-27/h2-15,24-25,31-34H,16-21H2,1H3,(H2,30,35)/t24-,25-/m1/s1. The Labute approximate surface area is 218 Å². The third-order valence-corrected chi connectivity index (χ3v) is 5.98. The Balaban J connectivity index is 1.54. The van der Waals surface area contributed by atoms with Crippen molar-refractivity contribution in [3.8, 4) is 11.5 Å². The molecular weight excluding hydrogens is 470 g/mol. The van der Waals surface area contributed by atoms with E-state index in [0.717, 1.165) is 5.56 Å². The van der Waals surface area contributed by atoms with Crippen LogP contribution in [0.5, 0.6) is 11.5 Å². The van der Waals surface area contributed by atoms with E-state index in [4.69, 9.17) is 15.2 Å². The lowest BCUT2D eigenvalue weighted by Gasteiger charge is -2.34. The van der Waals surface area contributed by atoms with Gasteiger partial charge in [0.15, 0.2) is 0 Å². The summed E-state index contributed by atoms with van der Waals surface area (Å²) in [6.45, 7) is 2.85. The molecule has 0 bridgehead atoms. The Morgan fingerprint density at radius 1 is 0.811 bits per heavy atom. The zero-order valence-corrected chi connectivity index (χ0v) is 21.2. The summed E-state index contributed by atoms with van der Waals surface area (Å²) < 4.78 is 11.3. The zero-order valence-electron chi connectivity index (χ0n) is 21.2. The monoisotopic (exact) mass is 507 g/mol. The third kappa shape index (κ3) is 10.2. The van der Waals surface area contributed by atoms with Crippen LogP contribution in [0.1, 0.15) is 29.3 Å². The number of carbonyl (C=O) groups is 1. The van der Waals surface area contributed by atoms with Gasteiger partial charge in [0, 0.05) is 18.7 Å². The van der Waals surface area contributed by atoms with Gasteiger partial charge in [-0.3, -0.25) is 15.4 Å². The van der Waals surface area contributed by atoms with Crippen LogP contribution in [0.2, 0.25) is 0 Å². The smallest absolute Gasteiger partial charge is 0.248 e. The van der Waals surface area contributed by atoms with Gasteiger partial charge in [0.25, 0.3) is 0 Å². The van der Waals surface area contributed by atoms with Gasteiger partial charge in [-0.15, -0.1) is 0 Å². The predicted octanol–water partition coefficient (Wildman–Crippen LogP) is 2.49. The Hall–Kier alpha value is -3.43. The topological polar surface area (TPSA) is 126 Å². The molecule has 198 valence electrons. The van der Waals surface area contributed by atoms with Crippen LogP contribution in [0.4, 0.5) is 0 Å². The van der Waals surface area contributed by atoms with E-state index in [1.165, 1.54) is 0 Å². The summed E-state index contributed by atoms with van der Waals surface area (Å²) >= 11 is 0. The van der Waals surface area contributed by atoms with Gasteiger partial charge in [-0.1, -0.05) is 48.5 Å². The highest BCUT2D eigenvalue weighted by Crippen LogP contribution is 2.15. The molecule has 0 spiro atoms. The van der Waals surface area contributed by atoms with E-state index in [0.29, 0.717) is 29.9 Å². The Morgan fingerprint density at radius 2 is 1.27 bits per heavy atom. The van der Waals surface area contributed by atoms with Crippen molar-refractivity contribution in [3.63, 3.8) is 0 Å². The molecule has 0 aromatic heterocycles. The molecule has 37 heavy (non-hydrogen) atoms. The number of aryl methyl sites for hydroxylation is 1. The van der Waals surface area contributed by atoms with Gasteiger partial charge in [0.05, 0.1) is 5.66 Å². The van der Waals surface area contributed by atoms with Crippen LogP contribution in [-0.4, -0.2) is 60.3 Å². The number of amides is 1. The van der Waals surface area contributed by atoms with Crippen molar-refractivity contribution >= 4 is 5.91 Å². The quantitative estimate of drug-likeness (QED) is 0.189. The molecule has 0 aliphatic rings. The molecule has 6 N–H and O–H groups in total. The van der Waals surface area contributed by atoms with Gasteiger partial charge in [-0.2, -0.15) is 0 Å². The van der Waals surface area contributed by atoms with Crippen LogP contribution in [0, 0.1) is 0 Å². The molecule has 3 rings (SSSR count). The Morgan fingerprint density at radius 3 is 1.70 bits per heavy atom. The average molecular weight is 508 g/mol. The maximum atomic E-state index is 11.3. The summed E-state index contributed by atoms with van der Waals surface area (Å²) in [4.78, 5) is 11.3. The van der Waals surface area contributed by atoms with Crippen molar-refractivity contribution in [3.05, 3.63) is 96.1 Å². The number of aliphatic hydroxyl groups is 2. The molecule has 8 nitrogen and oxygen atoms in total. The second kappa shape index (κ2) is 14.3. The largest absolute Gasteiger partial charge is 0.491 e. The highest BCUT2D eigenvalue weighted by Gasteiger charge is 2.25. The SMILES string of the molecule is CC(CCc1ccc(C(N)=O)cc1)(NC[C@@H](O)COc1ccccc1)NC[C@@H](O)COc1ccccc1. The molecule has 0 saturated carbocycles. The Kier molecular flexibility index (Phi) is 10.9. The highest BCUT2D eigenvalue weighted by molar-refractivity contribution is 5.92. The summed E-state index contributed by atoms with van der Waals surface area (Å²) in [6, 6.07) is 25.9. The number of carbonyl (C=O) groups excluding carboxylic acids is 1. The van der Waals surface area contributed by atoms with Crippen LogP contribution >= 0.6 is 0 Å². The van der Waals surface area contributed by atoms with E-state index in [-0.39, 0.29) is 26.3 Å². The van der Waals surface area contributed by atoms with Crippen molar-refractivity contribution in [1.82, 2.24) is 10.6 Å². The second-order valence-electron chi connectivity index (χ2n) is 9.21. The summed E-state index contributed by atoms with van der Waals surface area (Å²) in [5.41, 5.74) is 6.24. The first kappa shape index (κ1) is 28.1. The summed E-state index contributed by atoms with van der Waals surface area (Å²) in [6.07, 6.45) is -0.116.